The molecule has 0 saturated carbocycles. The standard InChI is InChI=1S/C31H33N3O5/c1-19(2)16-33-30(36)21-7-5-6-20(12-21)22-14-26(29-28(15-22)38-10-11-39-29)31(37)34-24(18-35)13-23-17-32-27-9-4-3-8-25(23)27/h3-9,12,14-15,17,19,24,32,35H,10-11,13,16,18H2,1-2H3,(H,33,36)(H,34,37). The number of nitrogens with one attached hydrogen (secondary N) is 3. The molecule has 4 aromatic rings. The molecule has 2 amide bonds. The highest BCUT2D eigenvalue weighted by Gasteiger charge is 2.25. The van der Waals surface area contributed by atoms with Crippen LogP contribution in [-0.4, -0.2) is 54.3 Å². The summed E-state index contributed by atoms with van der Waals surface area (Å²) in [7, 11) is 0. The molecule has 0 bridgehead atoms. The molecule has 0 spiro atoms. The Balaban J connectivity index is 1.42. The molecule has 202 valence electrons. The number of hydrogen-bond acceptors (Lipinski definition) is 5. The van der Waals surface area contributed by atoms with Crippen LogP contribution in [0.1, 0.15) is 40.1 Å². The molecule has 0 radical (unpaired) electrons. The summed E-state index contributed by atoms with van der Waals surface area (Å²) < 4.78 is 11.7. The number of aromatic nitrogens is 1. The summed E-state index contributed by atoms with van der Waals surface area (Å²) in [6.45, 7) is 5.15. The van der Waals surface area contributed by atoms with Crippen molar-refractivity contribution in [3.63, 3.8) is 0 Å². The second-order valence-electron chi connectivity index (χ2n) is 10.1. The van der Waals surface area contributed by atoms with Gasteiger partial charge in [-0.25, -0.2) is 0 Å². The number of hydrogen-bond donors (Lipinski definition) is 4. The van der Waals surface area contributed by atoms with Crippen LogP contribution in [0.15, 0.2) is 66.9 Å². The van der Waals surface area contributed by atoms with Gasteiger partial charge in [-0.1, -0.05) is 44.2 Å². The van der Waals surface area contributed by atoms with Crippen molar-refractivity contribution in [3.05, 3.63) is 83.6 Å². The van der Waals surface area contributed by atoms with Crippen molar-refractivity contribution in [2.45, 2.75) is 26.3 Å². The zero-order valence-electron chi connectivity index (χ0n) is 22.1. The number of aromatic amines is 1. The summed E-state index contributed by atoms with van der Waals surface area (Å²) in [4.78, 5) is 29.5. The van der Waals surface area contributed by atoms with E-state index in [1.165, 1.54) is 0 Å². The van der Waals surface area contributed by atoms with E-state index < -0.39 is 6.04 Å². The molecule has 0 aliphatic carbocycles. The number of para-hydroxylation sites is 1. The van der Waals surface area contributed by atoms with Gasteiger partial charge in [0, 0.05) is 29.2 Å². The normalized spacial score (nSPS) is 13.3. The molecule has 1 aromatic heterocycles. The highest BCUT2D eigenvalue weighted by molar-refractivity contribution is 6.00. The SMILES string of the molecule is CC(C)CNC(=O)c1cccc(-c2cc3c(c(C(=O)NC(CO)Cc4c[nH]c5ccccc45)c2)OCCO3)c1. The predicted molar refractivity (Wildman–Crippen MR) is 150 cm³/mol. The number of aliphatic hydroxyl groups excluding tert-OH is 1. The van der Waals surface area contributed by atoms with Gasteiger partial charge in [-0.3, -0.25) is 9.59 Å². The molecule has 1 atom stereocenters. The molecule has 1 aliphatic rings. The average Bonchev–Trinajstić information content (AvgIpc) is 3.37. The smallest absolute Gasteiger partial charge is 0.255 e. The summed E-state index contributed by atoms with van der Waals surface area (Å²) in [6, 6.07) is 18.3. The van der Waals surface area contributed by atoms with Gasteiger partial charge in [0.2, 0.25) is 0 Å². The molecule has 0 fully saturated rings. The lowest BCUT2D eigenvalue weighted by molar-refractivity contribution is 0.0904. The second kappa shape index (κ2) is 11.6. The number of amides is 2. The maximum atomic E-state index is 13.6. The van der Waals surface area contributed by atoms with Crippen LogP contribution in [0.4, 0.5) is 0 Å². The van der Waals surface area contributed by atoms with Crippen molar-refractivity contribution < 1.29 is 24.2 Å². The van der Waals surface area contributed by atoms with E-state index >= 15 is 0 Å². The van der Waals surface area contributed by atoms with Crippen LogP contribution >= 0.6 is 0 Å². The highest BCUT2D eigenvalue weighted by Crippen LogP contribution is 2.38. The fourth-order valence-corrected chi connectivity index (χ4v) is 4.72. The number of aliphatic hydroxyl groups is 1. The van der Waals surface area contributed by atoms with Crippen molar-refractivity contribution in [1.29, 1.82) is 0 Å². The molecular formula is C31H33N3O5. The Morgan fingerprint density at radius 2 is 1.79 bits per heavy atom. The first-order chi connectivity index (χ1) is 18.9. The first-order valence-corrected chi connectivity index (χ1v) is 13.2. The Bertz CT molecular complexity index is 1490. The molecule has 4 N–H and O–H groups in total. The minimum absolute atomic E-state index is 0.149. The van der Waals surface area contributed by atoms with Gasteiger partial charge in [0.25, 0.3) is 11.8 Å². The Labute approximate surface area is 227 Å². The van der Waals surface area contributed by atoms with E-state index in [0.717, 1.165) is 27.6 Å². The summed E-state index contributed by atoms with van der Waals surface area (Å²) in [5, 5.41) is 17.1. The largest absolute Gasteiger partial charge is 0.486 e. The third kappa shape index (κ3) is 5.91. The number of benzene rings is 3. The van der Waals surface area contributed by atoms with E-state index in [-0.39, 0.29) is 18.4 Å². The van der Waals surface area contributed by atoms with E-state index in [9.17, 15) is 14.7 Å². The summed E-state index contributed by atoms with van der Waals surface area (Å²) in [5.41, 5.74) is 4.36. The van der Waals surface area contributed by atoms with E-state index in [0.29, 0.717) is 54.7 Å². The average molecular weight is 528 g/mol. The minimum Gasteiger partial charge on any atom is -0.486 e. The first kappa shape index (κ1) is 26.3. The van der Waals surface area contributed by atoms with Gasteiger partial charge in [-0.05, 0) is 59.4 Å². The van der Waals surface area contributed by atoms with E-state index in [1.807, 2.05) is 62.5 Å². The second-order valence-corrected chi connectivity index (χ2v) is 10.1. The van der Waals surface area contributed by atoms with E-state index in [1.54, 1.807) is 18.2 Å². The lowest BCUT2D eigenvalue weighted by Crippen LogP contribution is -2.39. The summed E-state index contributed by atoms with van der Waals surface area (Å²) >= 11 is 0. The molecule has 0 saturated heterocycles. The van der Waals surface area contributed by atoms with Crippen LogP contribution < -0.4 is 20.1 Å². The topological polar surface area (TPSA) is 113 Å². The lowest BCUT2D eigenvalue weighted by atomic mass is 9.98. The van der Waals surface area contributed by atoms with Gasteiger partial charge in [-0.2, -0.15) is 0 Å². The molecule has 3 aromatic carbocycles. The van der Waals surface area contributed by atoms with Crippen LogP contribution in [0.25, 0.3) is 22.0 Å². The number of H-pyrrole nitrogens is 1. The Hall–Kier alpha value is -4.30. The number of carbonyl (C=O) groups is 2. The van der Waals surface area contributed by atoms with Crippen molar-refractivity contribution in [2.24, 2.45) is 5.92 Å². The zero-order valence-corrected chi connectivity index (χ0v) is 22.1. The van der Waals surface area contributed by atoms with Crippen molar-refractivity contribution >= 4 is 22.7 Å². The zero-order chi connectivity index (χ0) is 27.4. The van der Waals surface area contributed by atoms with Crippen LogP contribution in [0.3, 0.4) is 0 Å². The third-order valence-electron chi connectivity index (χ3n) is 6.71. The van der Waals surface area contributed by atoms with Gasteiger partial charge in [0.15, 0.2) is 11.5 Å². The Morgan fingerprint density at radius 3 is 2.62 bits per heavy atom. The van der Waals surface area contributed by atoms with Crippen LogP contribution in [0.5, 0.6) is 11.5 Å². The summed E-state index contributed by atoms with van der Waals surface area (Å²) in [6.07, 6.45) is 2.36. The lowest BCUT2D eigenvalue weighted by Gasteiger charge is -2.23. The molecule has 5 rings (SSSR count). The molecule has 8 heteroatoms. The Morgan fingerprint density at radius 1 is 0.974 bits per heavy atom. The van der Waals surface area contributed by atoms with Crippen LogP contribution in [-0.2, 0) is 6.42 Å². The molecule has 39 heavy (non-hydrogen) atoms. The number of rotatable bonds is 9. The van der Waals surface area contributed by atoms with Crippen molar-refractivity contribution in [3.8, 4) is 22.6 Å². The third-order valence-corrected chi connectivity index (χ3v) is 6.71. The maximum absolute atomic E-state index is 13.6. The monoisotopic (exact) mass is 527 g/mol. The van der Waals surface area contributed by atoms with Gasteiger partial charge in [0.1, 0.15) is 13.2 Å². The number of ether oxygens (including phenoxy) is 2. The minimum atomic E-state index is -0.506. The molecule has 1 unspecified atom stereocenters. The van der Waals surface area contributed by atoms with E-state index in [4.69, 9.17) is 9.47 Å². The van der Waals surface area contributed by atoms with E-state index in [2.05, 4.69) is 15.6 Å². The highest BCUT2D eigenvalue weighted by atomic mass is 16.6. The Kier molecular flexibility index (Phi) is 7.84. The maximum Gasteiger partial charge on any atom is 0.255 e. The predicted octanol–water partition coefficient (Wildman–Crippen LogP) is 4.33. The quantitative estimate of drug-likeness (QED) is 0.259. The van der Waals surface area contributed by atoms with Gasteiger partial charge in [0.05, 0.1) is 18.2 Å². The summed E-state index contributed by atoms with van der Waals surface area (Å²) in [5.74, 6) is 0.662. The number of fused-ring (bicyclic) bond motifs is 2. The van der Waals surface area contributed by atoms with Gasteiger partial charge < -0.3 is 30.2 Å². The van der Waals surface area contributed by atoms with Crippen molar-refractivity contribution in [1.82, 2.24) is 15.6 Å². The van der Waals surface area contributed by atoms with Gasteiger partial charge in [-0.15, -0.1) is 0 Å². The van der Waals surface area contributed by atoms with Gasteiger partial charge >= 0.3 is 0 Å². The molecule has 1 aliphatic heterocycles. The number of carbonyl (C=O) groups excluding carboxylic acids is 2. The fraction of sp³-hybridized carbons (Fsp3) is 0.290. The van der Waals surface area contributed by atoms with Crippen molar-refractivity contribution in [2.75, 3.05) is 26.4 Å². The molecular weight excluding hydrogens is 494 g/mol. The molecule has 2 heterocycles. The molecule has 8 nitrogen and oxygen atoms in total. The van der Waals surface area contributed by atoms with Crippen LogP contribution in [0.2, 0.25) is 0 Å². The first-order valence-electron chi connectivity index (χ1n) is 13.2. The fourth-order valence-electron chi connectivity index (χ4n) is 4.72. The van der Waals surface area contributed by atoms with Crippen LogP contribution in [0, 0.1) is 5.92 Å².